The van der Waals surface area contributed by atoms with Gasteiger partial charge in [0, 0.05) is 11.1 Å². The van der Waals surface area contributed by atoms with Gasteiger partial charge in [0.05, 0.1) is 23.7 Å². The van der Waals surface area contributed by atoms with E-state index in [1.807, 2.05) is 85.8 Å². The van der Waals surface area contributed by atoms with Crippen LogP contribution in [0.5, 0.6) is 5.75 Å². The number of aryl methyl sites for hydroxylation is 1. The molecule has 0 N–H and O–H groups in total. The van der Waals surface area contributed by atoms with Crippen molar-refractivity contribution in [2.24, 2.45) is 0 Å². The van der Waals surface area contributed by atoms with Gasteiger partial charge in [-0.1, -0.05) is 75.1 Å². The molecule has 0 amide bonds. The number of fused-ring (bicyclic) bond motifs is 1. The average molecular weight is 525 g/mol. The Hall–Kier alpha value is -4.88. The predicted molar refractivity (Wildman–Crippen MR) is 165 cm³/mol. The van der Waals surface area contributed by atoms with E-state index >= 15 is 0 Å². The van der Waals surface area contributed by atoms with Gasteiger partial charge in [-0.15, -0.1) is 0 Å². The number of para-hydroxylation sites is 1. The molecule has 0 saturated carbocycles. The van der Waals surface area contributed by atoms with E-state index in [2.05, 4.69) is 56.9 Å². The van der Waals surface area contributed by atoms with Crippen molar-refractivity contribution in [1.82, 2.24) is 9.55 Å². The molecule has 0 radical (unpaired) electrons. The minimum absolute atomic E-state index is 0.108. The molecule has 0 aliphatic rings. The van der Waals surface area contributed by atoms with Gasteiger partial charge in [-0.3, -0.25) is 9.36 Å². The summed E-state index contributed by atoms with van der Waals surface area (Å²) >= 11 is 0. The van der Waals surface area contributed by atoms with E-state index in [0.29, 0.717) is 16.7 Å². The second kappa shape index (κ2) is 11.1. The van der Waals surface area contributed by atoms with Crippen LogP contribution >= 0.6 is 0 Å². The molecule has 1 aromatic heterocycles. The van der Waals surface area contributed by atoms with Crippen molar-refractivity contribution in [3.63, 3.8) is 0 Å². The van der Waals surface area contributed by atoms with E-state index < -0.39 is 0 Å². The third kappa shape index (κ3) is 5.75. The largest absolute Gasteiger partial charge is 0.497 e. The van der Waals surface area contributed by atoms with Gasteiger partial charge in [0.2, 0.25) is 0 Å². The topological polar surface area (TPSA) is 44.1 Å². The Morgan fingerprint density at radius 2 is 1.50 bits per heavy atom. The summed E-state index contributed by atoms with van der Waals surface area (Å²) in [5.41, 5.74) is 6.49. The van der Waals surface area contributed by atoms with Crippen LogP contribution < -0.4 is 10.3 Å². The Labute approximate surface area is 235 Å². The van der Waals surface area contributed by atoms with Crippen LogP contribution in [0.4, 0.5) is 0 Å². The molecule has 0 aliphatic carbocycles. The zero-order valence-electron chi connectivity index (χ0n) is 23.5. The fourth-order valence-corrected chi connectivity index (χ4v) is 4.56. The Bertz CT molecular complexity index is 1830. The molecule has 5 aromatic rings. The van der Waals surface area contributed by atoms with Crippen molar-refractivity contribution in [3.05, 3.63) is 135 Å². The van der Waals surface area contributed by atoms with Crippen LogP contribution in [-0.4, -0.2) is 16.7 Å². The summed E-state index contributed by atoms with van der Waals surface area (Å²) in [6, 6.07) is 29.5. The average Bonchev–Trinajstić information content (AvgIpc) is 2.96. The van der Waals surface area contributed by atoms with Crippen molar-refractivity contribution in [2.75, 3.05) is 7.11 Å². The fraction of sp³-hybridized carbons (Fsp3) is 0.167. The van der Waals surface area contributed by atoms with Crippen LogP contribution in [0.1, 0.15) is 54.4 Å². The highest BCUT2D eigenvalue weighted by Gasteiger charge is 2.14. The lowest BCUT2D eigenvalue weighted by Crippen LogP contribution is -2.23. The van der Waals surface area contributed by atoms with Crippen molar-refractivity contribution in [1.29, 1.82) is 0 Å². The smallest absolute Gasteiger partial charge is 0.266 e. The van der Waals surface area contributed by atoms with Crippen LogP contribution in [0.15, 0.2) is 95.8 Å². The van der Waals surface area contributed by atoms with Crippen molar-refractivity contribution < 1.29 is 4.74 Å². The van der Waals surface area contributed by atoms with Crippen LogP contribution in [0.25, 0.3) is 28.7 Å². The molecule has 40 heavy (non-hydrogen) atoms. The summed E-state index contributed by atoms with van der Waals surface area (Å²) in [4.78, 5) is 18.6. The van der Waals surface area contributed by atoms with Crippen LogP contribution in [0.2, 0.25) is 0 Å². The van der Waals surface area contributed by atoms with Crippen LogP contribution in [-0.2, 0) is 5.41 Å². The van der Waals surface area contributed by atoms with E-state index in [4.69, 9.17) is 9.72 Å². The highest BCUT2D eigenvalue weighted by molar-refractivity contribution is 5.80. The first-order valence-corrected chi connectivity index (χ1v) is 13.3. The van der Waals surface area contributed by atoms with Crippen LogP contribution in [0.3, 0.4) is 0 Å². The number of benzene rings is 4. The predicted octanol–water partition coefficient (Wildman–Crippen LogP) is 7.57. The zero-order valence-corrected chi connectivity index (χ0v) is 23.5. The number of hydrogen-bond acceptors (Lipinski definition) is 3. The number of methoxy groups -OCH3 is 1. The minimum Gasteiger partial charge on any atom is -0.497 e. The van der Waals surface area contributed by atoms with Gasteiger partial charge in [-0.2, -0.15) is 0 Å². The molecule has 1 heterocycles. The lowest BCUT2D eigenvalue weighted by atomic mass is 9.87. The fourth-order valence-electron chi connectivity index (χ4n) is 4.56. The molecule has 0 fully saturated rings. The minimum atomic E-state index is -0.110. The Morgan fingerprint density at radius 3 is 2.17 bits per heavy atom. The first-order valence-electron chi connectivity index (χ1n) is 13.3. The summed E-state index contributed by atoms with van der Waals surface area (Å²) in [5.74, 6) is 7.89. The van der Waals surface area contributed by atoms with E-state index in [0.717, 1.165) is 33.7 Å². The molecule has 0 unspecified atom stereocenters. The molecular formula is C36H32N2O2. The Kier molecular flexibility index (Phi) is 7.40. The SMILES string of the molecule is COc1ccc(C=Cc2nc3ccccc3c(=O)n2-c2ccc(C#Cc3ccc(C(C)(C)C)cc3)cc2C)cc1. The van der Waals surface area contributed by atoms with Crippen LogP contribution in [0, 0.1) is 18.8 Å². The maximum atomic E-state index is 13.7. The van der Waals surface area contributed by atoms with E-state index in [1.165, 1.54) is 5.56 Å². The van der Waals surface area contributed by atoms with Gasteiger partial charge in [-0.05, 0) is 89.7 Å². The number of rotatable bonds is 4. The first kappa shape index (κ1) is 26.7. The lowest BCUT2D eigenvalue weighted by molar-refractivity contribution is 0.415. The molecule has 198 valence electrons. The summed E-state index contributed by atoms with van der Waals surface area (Å²) in [6.07, 6.45) is 3.83. The Morgan fingerprint density at radius 1 is 0.825 bits per heavy atom. The summed E-state index contributed by atoms with van der Waals surface area (Å²) in [5, 5.41) is 0.575. The molecule has 0 spiro atoms. The number of ether oxygens (including phenoxy) is 1. The molecule has 0 aliphatic heterocycles. The third-order valence-corrected chi connectivity index (χ3v) is 6.88. The summed E-state index contributed by atoms with van der Waals surface area (Å²) in [6.45, 7) is 8.61. The molecule has 0 atom stereocenters. The third-order valence-electron chi connectivity index (χ3n) is 6.88. The lowest BCUT2D eigenvalue weighted by Gasteiger charge is -2.18. The van der Waals surface area contributed by atoms with Gasteiger partial charge in [-0.25, -0.2) is 4.98 Å². The number of hydrogen-bond donors (Lipinski definition) is 0. The standard InChI is InChI=1S/C36H32N2O2/c1-25-24-28(11-10-26-12-18-29(19-13-26)36(2,3)4)16-22-33(25)38-34(23-17-27-14-20-30(40-5)21-15-27)37-32-9-7-6-8-31(32)35(38)39/h6-9,12-24H,1-5H3. The normalized spacial score (nSPS) is 11.4. The molecule has 4 aromatic carbocycles. The van der Waals surface area contributed by atoms with E-state index in [9.17, 15) is 4.79 Å². The Balaban J connectivity index is 1.53. The monoisotopic (exact) mass is 524 g/mol. The molecule has 4 nitrogen and oxygen atoms in total. The molecule has 4 heteroatoms. The molecular weight excluding hydrogens is 492 g/mol. The second-order valence-electron chi connectivity index (χ2n) is 10.8. The maximum Gasteiger partial charge on any atom is 0.266 e. The van der Waals surface area contributed by atoms with Gasteiger partial charge < -0.3 is 4.74 Å². The van der Waals surface area contributed by atoms with Gasteiger partial charge in [0.15, 0.2) is 0 Å². The quantitative estimate of drug-likeness (QED) is 0.228. The van der Waals surface area contributed by atoms with Crippen molar-refractivity contribution in [3.8, 4) is 23.3 Å². The zero-order chi connectivity index (χ0) is 28.3. The van der Waals surface area contributed by atoms with E-state index in [1.54, 1.807) is 11.7 Å². The highest BCUT2D eigenvalue weighted by Crippen LogP contribution is 2.23. The number of aromatic nitrogens is 2. The van der Waals surface area contributed by atoms with Crippen molar-refractivity contribution >= 4 is 23.1 Å². The summed E-state index contributed by atoms with van der Waals surface area (Å²) in [7, 11) is 1.64. The maximum absolute atomic E-state index is 13.7. The molecule has 0 saturated heterocycles. The molecule has 5 rings (SSSR count). The summed E-state index contributed by atoms with van der Waals surface area (Å²) < 4.78 is 6.94. The second-order valence-corrected chi connectivity index (χ2v) is 10.8. The number of nitrogens with zero attached hydrogens (tertiary/aromatic N) is 2. The first-order chi connectivity index (χ1) is 19.2. The molecule has 0 bridgehead atoms. The van der Waals surface area contributed by atoms with E-state index in [-0.39, 0.29) is 11.0 Å². The highest BCUT2D eigenvalue weighted by atomic mass is 16.5. The van der Waals surface area contributed by atoms with Gasteiger partial charge >= 0.3 is 0 Å². The van der Waals surface area contributed by atoms with Gasteiger partial charge in [0.1, 0.15) is 11.6 Å². The van der Waals surface area contributed by atoms with Crippen molar-refractivity contribution in [2.45, 2.75) is 33.1 Å². The van der Waals surface area contributed by atoms with Gasteiger partial charge in [0.25, 0.3) is 5.56 Å².